The maximum atomic E-state index is 13.3. The van der Waals surface area contributed by atoms with E-state index in [0.717, 1.165) is 4.90 Å². The van der Waals surface area contributed by atoms with Gasteiger partial charge in [0.1, 0.15) is 12.7 Å². The standard InChI is InChI=1S/C9H15F2NO3/c1-6(2)15-7-3-12(8(14)4-13)5-9(7,10)11/h6-7,13H,3-5H2,1-2H3/t7-/m0/s1. The van der Waals surface area contributed by atoms with Gasteiger partial charge in [0, 0.05) is 0 Å². The third-order valence-electron chi connectivity index (χ3n) is 2.18. The molecule has 0 radical (unpaired) electrons. The fourth-order valence-corrected chi connectivity index (χ4v) is 1.52. The van der Waals surface area contributed by atoms with Gasteiger partial charge in [0.25, 0.3) is 5.92 Å². The Labute approximate surface area is 86.8 Å². The third kappa shape index (κ3) is 2.85. The number of aliphatic hydroxyl groups is 1. The summed E-state index contributed by atoms with van der Waals surface area (Å²) < 4.78 is 31.7. The summed E-state index contributed by atoms with van der Waals surface area (Å²) in [7, 11) is 0. The van der Waals surface area contributed by atoms with Crippen molar-refractivity contribution in [3.63, 3.8) is 0 Å². The van der Waals surface area contributed by atoms with Crippen LogP contribution >= 0.6 is 0 Å². The van der Waals surface area contributed by atoms with Crippen LogP contribution in [0.15, 0.2) is 0 Å². The van der Waals surface area contributed by atoms with E-state index in [1.54, 1.807) is 13.8 Å². The molecule has 0 saturated carbocycles. The zero-order chi connectivity index (χ0) is 11.6. The number of ether oxygens (including phenoxy) is 1. The lowest BCUT2D eigenvalue weighted by Gasteiger charge is -2.19. The molecule has 0 aliphatic carbocycles. The molecular weight excluding hydrogens is 208 g/mol. The van der Waals surface area contributed by atoms with E-state index >= 15 is 0 Å². The molecule has 15 heavy (non-hydrogen) atoms. The van der Waals surface area contributed by atoms with Crippen molar-refractivity contribution in [1.29, 1.82) is 0 Å². The van der Waals surface area contributed by atoms with Crippen molar-refractivity contribution in [1.82, 2.24) is 4.90 Å². The zero-order valence-corrected chi connectivity index (χ0v) is 8.74. The van der Waals surface area contributed by atoms with Crippen LogP contribution in [-0.2, 0) is 9.53 Å². The summed E-state index contributed by atoms with van der Waals surface area (Å²) in [6, 6.07) is 0. The van der Waals surface area contributed by atoms with Gasteiger partial charge in [-0.25, -0.2) is 8.78 Å². The second kappa shape index (κ2) is 4.40. The predicted molar refractivity (Wildman–Crippen MR) is 48.6 cm³/mol. The fourth-order valence-electron chi connectivity index (χ4n) is 1.52. The molecule has 1 fully saturated rings. The van der Waals surface area contributed by atoms with Crippen LogP contribution in [0.4, 0.5) is 8.78 Å². The molecule has 0 aromatic heterocycles. The molecule has 6 heteroatoms. The molecule has 1 amide bonds. The van der Waals surface area contributed by atoms with Crippen molar-refractivity contribution in [2.24, 2.45) is 0 Å². The molecule has 88 valence electrons. The highest BCUT2D eigenvalue weighted by molar-refractivity contribution is 5.77. The summed E-state index contributed by atoms with van der Waals surface area (Å²) in [5.41, 5.74) is 0. The Morgan fingerprint density at radius 2 is 2.27 bits per heavy atom. The SMILES string of the molecule is CC(C)O[C@H]1CN(C(=O)CO)CC1(F)F. The van der Waals surface area contributed by atoms with E-state index in [-0.39, 0.29) is 12.6 Å². The lowest BCUT2D eigenvalue weighted by atomic mass is 10.2. The topological polar surface area (TPSA) is 49.8 Å². The lowest BCUT2D eigenvalue weighted by molar-refractivity contribution is -0.134. The molecule has 0 aromatic carbocycles. The van der Waals surface area contributed by atoms with Crippen LogP contribution < -0.4 is 0 Å². The van der Waals surface area contributed by atoms with E-state index in [2.05, 4.69) is 0 Å². The average Bonchev–Trinajstić information content (AvgIpc) is 2.40. The van der Waals surface area contributed by atoms with Gasteiger partial charge < -0.3 is 14.7 Å². The van der Waals surface area contributed by atoms with Crippen molar-refractivity contribution < 1.29 is 23.4 Å². The first-order valence-corrected chi connectivity index (χ1v) is 4.78. The highest BCUT2D eigenvalue weighted by atomic mass is 19.3. The Bertz CT molecular complexity index is 246. The molecule has 1 aliphatic heterocycles. The molecule has 1 atom stereocenters. The Morgan fingerprint density at radius 1 is 1.67 bits per heavy atom. The molecule has 1 N–H and O–H groups in total. The number of hydrogen-bond acceptors (Lipinski definition) is 3. The highest BCUT2D eigenvalue weighted by Gasteiger charge is 2.50. The molecular formula is C9H15F2NO3. The van der Waals surface area contributed by atoms with Gasteiger partial charge in [-0.05, 0) is 13.8 Å². The van der Waals surface area contributed by atoms with Gasteiger partial charge in [-0.3, -0.25) is 4.79 Å². The van der Waals surface area contributed by atoms with Crippen molar-refractivity contribution in [3.8, 4) is 0 Å². The van der Waals surface area contributed by atoms with Gasteiger partial charge in [0.05, 0.1) is 19.2 Å². The number of halogens is 2. The smallest absolute Gasteiger partial charge is 0.292 e. The maximum absolute atomic E-state index is 13.3. The fraction of sp³-hybridized carbons (Fsp3) is 0.889. The molecule has 4 nitrogen and oxygen atoms in total. The zero-order valence-electron chi connectivity index (χ0n) is 8.74. The Morgan fingerprint density at radius 3 is 2.73 bits per heavy atom. The van der Waals surface area contributed by atoms with Crippen LogP contribution in [-0.4, -0.2) is 53.7 Å². The minimum Gasteiger partial charge on any atom is -0.387 e. The Balaban J connectivity index is 2.63. The summed E-state index contributed by atoms with van der Waals surface area (Å²) in [5.74, 6) is -3.72. The second-order valence-corrected chi connectivity index (χ2v) is 3.87. The van der Waals surface area contributed by atoms with Crippen LogP contribution in [0.5, 0.6) is 0 Å². The molecule has 1 saturated heterocycles. The summed E-state index contributed by atoms with van der Waals surface area (Å²) in [6.07, 6.45) is -1.59. The number of nitrogens with zero attached hydrogens (tertiary/aromatic N) is 1. The molecule has 0 bridgehead atoms. The van der Waals surface area contributed by atoms with Crippen molar-refractivity contribution >= 4 is 5.91 Å². The number of carbonyl (C=O) groups excluding carboxylic acids is 1. The van der Waals surface area contributed by atoms with E-state index in [9.17, 15) is 13.6 Å². The van der Waals surface area contributed by atoms with Gasteiger partial charge in [-0.15, -0.1) is 0 Å². The molecule has 1 rings (SSSR count). The Kier molecular flexibility index (Phi) is 3.62. The van der Waals surface area contributed by atoms with Crippen LogP contribution in [0.25, 0.3) is 0 Å². The first-order valence-electron chi connectivity index (χ1n) is 4.78. The third-order valence-corrected chi connectivity index (χ3v) is 2.18. The van der Waals surface area contributed by atoms with Crippen molar-refractivity contribution in [2.75, 3.05) is 19.7 Å². The number of aliphatic hydroxyl groups excluding tert-OH is 1. The molecule has 0 aromatic rings. The minimum atomic E-state index is -3.03. The summed E-state index contributed by atoms with van der Waals surface area (Å²) in [6.45, 7) is 1.73. The van der Waals surface area contributed by atoms with E-state index < -0.39 is 31.1 Å². The minimum absolute atomic E-state index is 0.162. The van der Waals surface area contributed by atoms with Crippen LogP contribution in [0.2, 0.25) is 0 Å². The first-order chi connectivity index (χ1) is 6.86. The number of amides is 1. The Hall–Kier alpha value is -0.750. The van der Waals surface area contributed by atoms with Gasteiger partial charge in [-0.1, -0.05) is 0 Å². The average molecular weight is 223 g/mol. The monoisotopic (exact) mass is 223 g/mol. The van der Waals surface area contributed by atoms with Crippen molar-refractivity contribution in [3.05, 3.63) is 0 Å². The number of likely N-dealkylation sites (tertiary alicyclic amines) is 1. The number of hydrogen-bond donors (Lipinski definition) is 1. The van der Waals surface area contributed by atoms with E-state index in [0.29, 0.717) is 0 Å². The van der Waals surface area contributed by atoms with E-state index in [4.69, 9.17) is 9.84 Å². The number of rotatable bonds is 3. The normalized spacial score (nSPS) is 24.9. The molecule has 1 aliphatic rings. The molecule has 0 spiro atoms. The maximum Gasteiger partial charge on any atom is 0.292 e. The van der Waals surface area contributed by atoms with E-state index in [1.165, 1.54) is 0 Å². The highest BCUT2D eigenvalue weighted by Crippen LogP contribution is 2.30. The summed E-state index contributed by atoms with van der Waals surface area (Å²) in [4.78, 5) is 11.9. The predicted octanol–water partition coefficient (Wildman–Crippen LogP) is 0.250. The van der Waals surface area contributed by atoms with Crippen LogP contribution in [0, 0.1) is 0 Å². The van der Waals surface area contributed by atoms with Crippen molar-refractivity contribution in [2.45, 2.75) is 32.0 Å². The summed E-state index contributed by atoms with van der Waals surface area (Å²) >= 11 is 0. The number of alkyl halides is 2. The summed E-state index contributed by atoms with van der Waals surface area (Å²) in [5, 5.41) is 8.56. The van der Waals surface area contributed by atoms with Gasteiger partial charge in [0.15, 0.2) is 0 Å². The second-order valence-electron chi connectivity index (χ2n) is 3.87. The van der Waals surface area contributed by atoms with E-state index in [1.807, 2.05) is 0 Å². The molecule has 0 unspecified atom stereocenters. The first kappa shape index (κ1) is 12.3. The van der Waals surface area contributed by atoms with Crippen LogP contribution in [0.3, 0.4) is 0 Å². The quantitative estimate of drug-likeness (QED) is 0.746. The van der Waals surface area contributed by atoms with Crippen LogP contribution in [0.1, 0.15) is 13.8 Å². The largest absolute Gasteiger partial charge is 0.387 e. The van der Waals surface area contributed by atoms with Gasteiger partial charge in [0.2, 0.25) is 5.91 Å². The van der Waals surface area contributed by atoms with Gasteiger partial charge in [-0.2, -0.15) is 0 Å². The van der Waals surface area contributed by atoms with Gasteiger partial charge >= 0.3 is 0 Å². The molecule has 1 heterocycles. The lowest BCUT2D eigenvalue weighted by Crippen LogP contribution is -2.35. The number of carbonyl (C=O) groups is 1.